The van der Waals surface area contributed by atoms with Gasteiger partial charge in [-0.15, -0.1) is 0 Å². The zero-order chi connectivity index (χ0) is 13.1. The highest BCUT2D eigenvalue weighted by Crippen LogP contribution is 2.13. The van der Waals surface area contributed by atoms with Crippen LogP contribution in [0.25, 0.3) is 10.9 Å². The molecule has 0 fully saturated rings. The molecule has 4 heteroatoms. The third-order valence-corrected chi connectivity index (χ3v) is 2.96. The fourth-order valence-electron chi connectivity index (χ4n) is 2.06. The van der Waals surface area contributed by atoms with Crippen LogP contribution in [0.4, 0.5) is 0 Å². The maximum Gasteiger partial charge on any atom is 0.310 e. The smallest absolute Gasteiger partial charge is 0.310 e. The van der Waals surface area contributed by atoms with Gasteiger partial charge in [0.15, 0.2) is 0 Å². The van der Waals surface area contributed by atoms with Crippen molar-refractivity contribution in [3.63, 3.8) is 0 Å². The average molecular weight is 245 g/mol. The third kappa shape index (κ3) is 2.14. The first-order chi connectivity index (χ1) is 8.67. The lowest BCUT2D eigenvalue weighted by atomic mass is 10.1. The first kappa shape index (κ1) is 12.4. The van der Waals surface area contributed by atoms with Gasteiger partial charge in [0.2, 0.25) is 0 Å². The molecule has 4 nitrogen and oxygen atoms in total. The molecule has 0 bridgehead atoms. The molecule has 94 valence electrons. The number of aryl methyl sites for hydroxylation is 1. The molecule has 2 aromatic rings. The van der Waals surface area contributed by atoms with Crippen LogP contribution in [-0.2, 0) is 22.5 Å². The van der Waals surface area contributed by atoms with Crippen LogP contribution >= 0.6 is 0 Å². The van der Waals surface area contributed by atoms with Gasteiger partial charge in [-0.25, -0.2) is 0 Å². The van der Waals surface area contributed by atoms with Crippen LogP contribution in [0.1, 0.15) is 12.5 Å². The summed E-state index contributed by atoms with van der Waals surface area (Å²) in [6.07, 6.45) is 0.0141. The molecule has 1 heterocycles. The highest BCUT2D eigenvalue weighted by atomic mass is 16.5. The van der Waals surface area contributed by atoms with E-state index >= 15 is 0 Å². The zero-order valence-electron chi connectivity index (χ0n) is 10.5. The summed E-state index contributed by atoms with van der Waals surface area (Å²) >= 11 is 0. The topological polar surface area (TPSA) is 48.3 Å². The lowest BCUT2D eigenvalue weighted by Crippen LogP contribution is -2.25. The fourth-order valence-corrected chi connectivity index (χ4v) is 2.06. The Labute approximate surface area is 105 Å². The minimum Gasteiger partial charge on any atom is -0.469 e. The van der Waals surface area contributed by atoms with Crippen LogP contribution in [0.2, 0.25) is 0 Å². The normalized spacial score (nSPS) is 10.6. The Morgan fingerprint density at radius 2 is 2.06 bits per heavy atom. The highest BCUT2D eigenvalue weighted by Gasteiger charge is 2.11. The number of rotatable bonds is 3. The average Bonchev–Trinajstić information content (AvgIpc) is 2.39. The zero-order valence-corrected chi connectivity index (χ0v) is 10.5. The minimum absolute atomic E-state index is 0.0141. The molecule has 0 N–H and O–H groups in total. The van der Waals surface area contributed by atoms with E-state index in [0.717, 1.165) is 10.9 Å². The van der Waals surface area contributed by atoms with Gasteiger partial charge in [-0.1, -0.05) is 18.2 Å². The summed E-state index contributed by atoms with van der Waals surface area (Å²) in [5.41, 5.74) is 1.24. The number of carbonyl (C=O) groups is 1. The summed E-state index contributed by atoms with van der Waals surface area (Å²) in [4.78, 5) is 23.5. The minimum atomic E-state index is -0.398. The molecule has 0 radical (unpaired) electrons. The Morgan fingerprint density at radius 3 is 2.72 bits per heavy atom. The van der Waals surface area contributed by atoms with Gasteiger partial charge in [0, 0.05) is 12.1 Å². The molecule has 0 aliphatic heterocycles. The first-order valence-corrected chi connectivity index (χ1v) is 5.85. The molecule has 18 heavy (non-hydrogen) atoms. The van der Waals surface area contributed by atoms with E-state index in [4.69, 9.17) is 0 Å². The fraction of sp³-hybridized carbons (Fsp3) is 0.286. The molecule has 2 rings (SSSR count). The number of methoxy groups -OCH3 is 1. The molecule has 0 saturated carbocycles. The van der Waals surface area contributed by atoms with Gasteiger partial charge in [-0.05, 0) is 24.4 Å². The Bertz CT molecular complexity index is 643. The van der Waals surface area contributed by atoms with E-state index < -0.39 is 5.97 Å². The standard InChI is InChI=1S/C14H15NO3/c1-3-15-12-7-5-4-6-10(12)8-11(14(15)17)9-13(16)18-2/h4-8H,3,9H2,1-2H3. The van der Waals surface area contributed by atoms with E-state index in [9.17, 15) is 9.59 Å². The first-order valence-electron chi connectivity index (χ1n) is 5.85. The van der Waals surface area contributed by atoms with Crippen molar-refractivity contribution in [1.29, 1.82) is 0 Å². The van der Waals surface area contributed by atoms with Crippen molar-refractivity contribution in [3.05, 3.63) is 46.2 Å². The van der Waals surface area contributed by atoms with Crippen LogP contribution in [-0.4, -0.2) is 17.6 Å². The number of aromatic nitrogens is 1. The van der Waals surface area contributed by atoms with Gasteiger partial charge in [0.25, 0.3) is 5.56 Å². The van der Waals surface area contributed by atoms with Gasteiger partial charge in [-0.3, -0.25) is 9.59 Å². The molecule has 0 atom stereocenters. The van der Waals surface area contributed by atoms with E-state index in [0.29, 0.717) is 12.1 Å². The summed E-state index contributed by atoms with van der Waals surface area (Å²) < 4.78 is 6.28. The lowest BCUT2D eigenvalue weighted by molar-refractivity contribution is -0.139. The molecule has 1 aromatic heterocycles. The Morgan fingerprint density at radius 1 is 1.33 bits per heavy atom. The lowest BCUT2D eigenvalue weighted by Gasteiger charge is -2.10. The van der Waals surface area contributed by atoms with Gasteiger partial charge in [0.1, 0.15) is 0 Å². The summed E-state index contributed by atoms with van der Waals surface area (Å²) in [6.45, 7) is 2.49. The van der Waals surface area contributed by atoms with Crippen LogP contribution in [0.3, 0.4) is 0 Å². The molecule has 0 aliphatic rings. The van der Waals surface area contributed by atoms with Gasteiger partial charge < -0.3 is 9.30 Å². The second-order valence-electron chi connectivity index (χ2n) is 4.03. The van der Waals surface area contributed by atoms with Crippen molar-refractivity contribution in [1.82, 2.24) is 4.57 Å². The molecule has 0 amide bonds. The molecule has 0 aliphatic carbocycles. The largest absolute Gasteiger partial charge is 0.469 e. The molecular formula is C14H15NO3. The van der Waals surface area contributed by atoms with Crippen LogP contribution in [0, 0.1) is 0 Å². The SMILES string of the molecule is CCn1c(=O)c(CC(=O)OC)cc2ccccc21. The number of hydrogen-bond donors (Lipinski definition) is 0. The van der Waals surface area contributed by atoms with E-state index in [1.54, 1.807) is 10.6 Å². The second-order valence-corrected chi connectivity index (χ2v) is 4.03. The number of hydrogen-bond acceptors (Lipinski definition) is 3. The number of para-hydroxylation sites is 1. The van der Waals surface area contributed by atoms with E-state index in [1.807, 2.05) is 31.2 Å². The number of carbonyl (C=O) groups excluding carboxylic acids is 1. The van der Waals surface area contributed by atoms with E-state index in [1.165, 1.54) is 7.11 Å². The number of esters is 1. The molecule has 0 saturated heterocycles. The number of fused-ring (bicyclic) bond motifs is 1. The Hall–Kier alpha value is -2.10. The molecule has 0 spiro atoms. The van der Waals surface area contributed by atoms with Gasteiger partial charge in [0.05, 0.1) is 19.0 Å². The van der Waals surface area contributed by atoms with Gasteiger partial charge >= 0.3 is 5.97 Å². The number of ether oxygens (including phenoxy) is 1. The summed E-state index contributed by atoms with van der Waals surface area (Å²) in [7, 11) is 1.32. The van der Waals surface area contributed by atoms with E-state index in [-0.39, 0.29) is 12.0 Å². The molecule has 1 aromatic carbocycles. The van der Waals surface area contributed by atoms with Crippen LogP contribution < -0.4 is 5.56 Å². The summed E-state index contributed by atoms with van der Waals surface area (Å²) in [5, 5.41) is 0.956. The number of pyridine rings is 1. The molecular weight excluding hydrogens is 230 g/mol. The van der Waals surface area contributed by atoms with Crippen LogP contribution in [0.15, 0.2) is 35.1 Å². The second kappa shape index (κ2) is 5.04. The predicted octanol–water partition coefficient (Wildman–Crippen LogP) is 1.74. The Kier molecular flexibility index (Phi) is 3.46. The quantitative estimate of drug-likeness (QED) is 0.774. The van der Waals surface area contributed by atoms with Crippen molar-refractivity contribution >= 4 is 16.9 Å². The van der Waals surface area contributed by atoms with Crippen molar-refractivity contribution in [2.75, 3.05) is 7.11 Å². The van der Waals surface area contributed by atoms with Crippen molar-refractivity contribution in [2.45, 2.75) is 19.9 Å². The monoisotopic (exact) mass is 245 g/mol. The Balaban J connectivity index is 2.65. The predicted molar refractivity (Wildman–Crippen MR) is 69.6 cm³/mol. The summed E-state index contributed by atoms with van der Waals surface area (Å²) in [6, 6.07) is 9.41. The van der Waals surface area contributed by atoms with Crippen LogP contribution in [0.5, 0.6) is 0 Å². The van der Waals surface area contributed by atoms with Crippen molar-refractivity contribution < 1.29 is 9.53 Å². The number of nitrogens with zero attached hydrogens (tertiary/aromatic N) is 1. The maximum atomic E-state index is 12.2. The van der Waals surface area contributed by atoms with E-state index in [2.05, 4.69) is 4.74 Å². The highest BCUT2D eigenvalue weighted by molar-refractivity contribution is 5.81. The van der Waals surface area contributed by atoms with Crippen molar-refractivity contribution in [3.8, 4) is 0 Å². The maximum absolute atomic E-state index is 12.2. The third-order valence-electron chi connectivity index (χ3n) is 2.96. The number of benzene rings is 1. The van der Waals surface area contributed by atoms with Crippen molar-refractivity contribution in [2.24, 2.45) is 0 Å². The molecule has 0 unspecified atom stereocenters. The summed E-state index contributed by atoms with van der Waals surface area (Å²) in [5.74, 6) is -0.398. The van der Waals surface area contributed by atoms with Gasteiger partial charge in [-0.2, -0.15) is 0 Å².